The molecule has 0 spiro atoms. The van der Waals surface area contributed by atoms with E-state index < -0.39 is 5.60 Å². The number of aliphatic hydroxyl groups is 1. The second-order valence-electron chi connectivity index (χ2n) is 6.73. The standard InChI is InChI=1S/C23H20O4/c1-23(2,26)22(25)18-10-14-20(15-11-18)27-19-12-8-17(9-13-19)21(24)16-6-4-3-5-7-16/h3-15,26H,1-2H3. The second kappa shape index (κ2) is 7.56. The van der Waals surface area contributed by atoms with E-state index in [-0.39, 0.29) is 11.6 Å². The van der Waals surface area contributed by atoms with Crippen LogP contribution < -0.4 is 4.74 Å². The molecule has 3 aromatic carbocycles. The van der Waals surface area contributed by atoms with Crippen LogP contribution in [0.1, 0.15) is 40.1 Å². The highest BCUT2D eigenvalue weighted by Gasteiger charge is 2.24. The summed E-state index contributed by atoms with van der Waals surface area (Å²) in [4.78, 5) is 24.4. The van der Waals surface area contributed by atoms with Gasteiger partial charge < -0.3 is 9.84 Å². The number of hydrogen-bond donors (Lipinski definition) is 1. The zero-order chi connectivity index (χ0) is 19.4. The van der Waals surface area contributed by atoms with Gasteiger partial charge in [-0.15, -0.1) is 0 Å². The van der Waals surface area contributed by atoms with E-state index in [4.69, 9.17) is 4.74 Å². The van der Waals surface area contributed by atoms with E-state index in [1.54, 1.807) is 60.7 Å². The van der Waals surface area contributed by atoms with Gasteiger partial charge in [0.2, 0.25) is 0 Å². The van der Waals surface area contributed by atoms with Crippen LogP contribution in [0.3, 0.4) is 0 Å². The smallest absolute Gasteiger partial charge is 0.193 e. The summed E-state index contributed by atoms with van der Waals surface area (Å²) in [7, 11) is 0. The Kier molecular flexibility index (Phi) is 5.19. The van der Waals surface area contributed by atoms with Crippen LogP contribution in [0, 0.1) is 0 Å². The van der Waals surface area contributed by atoms with Crippen molar-refractivity contribution in [3.63, 3.8) is 0 Å². The van der Waals surface area contributed by atoms with Crippen molar-refractivity contribution in [3.05, 3.63) is 95.6 Å². The topological polar surface area (TPSA) is 63.6 Å². The second-order valence-corrected chi connectivity index (χ2v) is 6.73. The highest BCUT2D eigenvalue weighted by Crippen LogP contribution is 2.24. The first-order valence-electron chi connectivity index (χ1n) is 8.59. The number of ketones is 2. The Bertz CT molecular complexity index is 934. The van der Waals surface area contributed by atoms with Crippen molar-refractivity contribution in [1.82, 2.24) is 0 Å². The van der Waals surface area contributed by atoms with Crippen molar-refractivity contribution >= 4 is 11.6 Å². The molecule has 3 aromatic rings. The minimum absolute atomic E-state index is 0.0448. The molecule has 4 nitrogen and oxygen atoms in total. The van der Waals surface area contributed by atoms with Crippen LogP contribution in [0.2, 0.25) is 0 Å². The Morgan fingerprint density at radius 3 is 1.63 bits per heavy atom. The van der Waals surface area contributed by atoms with Crippen LogP contribution in [0.4, 0.5) is 0 Å². The zero-order valence-electron chi connectivity index (χ0n) is 15.2. The normalized spacial score (nSPS) is 11.1. The molecule has 0 atom stereocenters. The minimum Gasteiger partial charge on any atom is -0.457 e. The van der Waals surface area contributed by atoms with Gasteiger partial charge in [-0.1, -0.05) is 30.3 Å². The van der Waals surface area contributed by atoms with Crippen molar-refractivity contribution in [1.29, 1.82) is 0 Å². The Morgan fingerprint density at radius 1 is 0.704 bits per heavy atom. The van der Waals surface area contributed by atoms with Crippen molar-refractivity contribution in [2.45, 2.75) is 19.4 Å². The van der Waals surface area contributed by atoms with Crippen LogP contribution in [0.5, 0.6) is 11.5 Å². The Hall–Kier alpha value is -3.24. The molecular weight excluding hydrogens is 340 g/mol. The molecular formula is C23H20O4. The number of carbonyl (C=O) groups excluding carboxylic acids is 2. The lowest BCUT2D eigenvalue weighted by Gasteiger charge is -2.15. The van der Waals surface area contributed by atoms with E-state index >= 15 is 0 Å². The van der Waals surface area contributed by atoms with E-state index in [1.165, 1.54) is 13.8 Å². The molecule has 0 aromatic heterocycles. The van der Waals surface area contributed by atoms with Gasteiger partial charge in [-0.2, -0.15) is 0 Å². The molecule has 136 valence electrons. The Labute approximate surface area is 158 Å². The predicted octanol–water partition coefficient (Wildman–Crippen LogP) is 4.66. The Balaban J connectivity index is 1.70. The fraction of sp³-hybridized carbons (Fsp3) is 0.130. The highest BCUT2D eigenvalue weighted by molar-refractivity contribution is 6.09. The monoisotopic (exact) mass is 360 g/mol. The number of hydrogen-bond acceptors (Lipinski definition) is 4. The van der Waals surface area contributed by atoms with Crippen molar-refractivity contribution in [2.75, 3.05) is 0 Å². The molecule has 4 heteroatoms. The molecule has 0 unspecified atom stereocenters. The van der Waals surface area contributed by atoms with Gasteiger partial charge in [0.15, 0.2) is 11.6 Å². The maximum Gasteiger partial charge on any atom is 0.193 e. The third-order valence-electron chi connectivity index (χ3n) is 4.06. The van der Waals surface area contributed by atoms with E-state index in [1.807, 2.05) is 18.2 Å². The van der Waals surface area contributed by atoms with Gasteiger partial charge in [-0.3, -0.25) is 9.59 Å². The SMILES string of the molecule is CC(C)(O)C(=O)c1ccc(Oc2ccc(C(=O)c3ccccc3)cc2)cc1. The molecule has 0 aliphatic heterocycles. The minimum atomic E-state index is -1.41. The van der Waals surface area contributed by atoms with Crippen LogP contribution in [0.15, 0.2) is 78.9 Å². The van der Waals surface area contributed by atoms with Gasteiger partial charge in [0.05, 0.1) is 0 Å². The first-order chi connectivity index (χ1) is 12.8. The Morgan fingerprint density at radius 2 is 1.15 bits per heavy atom. The molecule has 0 fully saturated rings. The van der Waals surface area contributed by atoms with Gasteiger partial charge in [-0.05, 0) is 62.4 Å². The quantitative estimate of drug-likeness (QED) is 0.649. The summed E-state index contributed by atoms with van der Waals surface area (Å²) in [6, 6.07) is 22.6. The van der Waals surface area contributed by atoms with Crippen LogP contribution >= 0.6 is 0 Å². The molecule has 0 aliphatic rings. The third-order valence-corrected chi connectivity index (χ3v) is 4.06. The fourth-order valence-corrected chi connectivity index (χ4v) is 2.59. The van der Waals surface area contributed by atoms with Gasteiger partial charge in [-0.25, -0.2) is 0 Å². The van der Waals surface area contributed by atoms with E-state index in [0.717, 1.165) is 0 Å². The van der Waals surface area contributed by atoms with Gasteiger partial charge in [0, 0.05) is 16.7 Å². The molecule has 0 radical (unpaired) electrons. The van der Waals surface area contributed by atoms with E-state index in [0.29, 0.717) is 28.2 Å². The molecule has 0 bridgehead atoms. The average Bonchev–Trinajstić information content (AvgIpc) is 2.68. The van der Waals surface area contributed by atoms with Gasteiger partial charge in [0.25, 0.3) is 0 Å². The summed E-state index contributed by atoms with van der Waals surface area (Å²) in [5.41, 5.74) is 0.223. The summed E-state index contributed by atoms with van der Waals surface area (Å²) < 4.78 is 5.75. The van der Waals surface area contributed by atoms with E-state index in [9.17, 15) is 14.7 Å². The number of carbonyl (C=O) groups is 2. The summed E-state index contributed by atoms with van der Waals surface area (Å²) in [5, 5.41) is 9.79. The lowest BCUT2D eigenvalue weighted by atomic mass is 9.97. The van der Waals surface area contributed by atoms with Crippen LogP contribution in [-0.4, -0.2) is 22.3 Å². The van der Waals surface area contributed by atoms with E-state index in [2.05, 4.69) is 0 Å². The first kappa shape index (κ1) is 18.5. The van der Waals surface area contributed by atoms with Crippen molar-refractivity contribution in [2.24, 2.45) is 0 Å². The zero-order valence-corrected chi connectivity index (χ0v) is 15.2. The fourth-order valence-electron chi connectivity index (χ4n) is 2.59. The number of rotatable bonds is 6. The van der Waals surface area contributed by atoms with Gasteiger partial charge >= 0.3 is 0 Å². The largest absolute Gasteiger partial charge is 0.457 e. The lowest BCUT2D eigenvalue weighted by Crippen LogP contribution is -2.30. The number of benzene rings is 3. The molecule has 0 heterocycles. The maximum atomic E-state index is 12.4. The highest BCUT2D eigenvalue weighted by atomic mass is 16.5. The van der Waals surface area contributed by atoms with Crippen LogP contribution in [0.25, 0.3) is 0 Å². The molecule has 0 saturated heterocycles. The third kappa shape index (κ3) is 4.49. The molecule has 0 amide bonds. The number of Topliss-reactive ketones (excluding diaryl/α,β-unsaturated/α-hetero) is 1. The average molecular weight is 360 g/mol. The first-order valence-corrected chi connectivity index (χ1v) is 8.59. The van der Waals surface area contributed by atoms with Crippen LogP contribution in [-0.2, 0) is 0 Å². The van der Waals surface area contributed by atoms with Gasteiger partial charge in [0.1, 0.15) is 17.1 Å². The molecule has 1 N–H and O–H groups in total. The van der Waals surface area contributed by atoms with Crippen molar-refractivity contribution < 1.29 is 19.4 Å². The lowest BCUT2D eigenvalue weighted by molar-refractivity contribution is 0.0488. The van der Waals surface area contributed by atoms with Crippen molar-refractivity contribution in [3.8, 4) is 11.5 Å². The summed E-state index contributed by atoms with van der Waals surface area (Å²) >= 11 is 0. The maximum absolute atomic E-state index is 12.4. The molecule has 0 aliphatic carbocycles. The molecule has 0 saturated carbocycles. The number of ether oxygens (including phenoxy) is 1. The summed E-state index contributed by atoms with van der Waals surface area (Å²) in [5.74, 6) is 0.750. The summed E-state index contributed by atoms with van der Waals surface area (Å²) in [6.07, 6.45) is 0. The molecule has 27 heavy (non-hydrogen) atoms. The molecule has 3 rings (SSSR count). The predicted molar refractivity (Wildman–Crippen MR) is 103 cm³/mol. The summed E-state index contributed by atoms with van der Waals surface area (Å²) in [6.45, 7) is 2.91.